The Morgan fingerprint density at radius 2 is 2.24 bits per heavy atom. The minimum atomic E-state index is -0.561. The molecule has 0 aliphatic heterocycles. The van der Waals surface area contributed by atoms with Crippen molar-refractivity contribution >= 4 is 27.3 Å². The molecule has 0 aliphatic carbocycles. The maximum absolute atomic E-state index is 10.1. The molecule has 1 aromatic carbocycles. The van der Waals surface area contributed by atoms with Crippen LogP contribution in [0.3, 0.4) is 0 Å². The number of benzene rings is 1. The van der Waals surface area contributed by atoms with E-state index in [1.807, 2.05) is 17.5 Å². The number of nitrogens with zero attached hydrogens (tertiary/aromatic N) is 1. The minimum Gasteiger partial charge on any atom is -0.388 e. The van der Waals surface area contributed by atoms with E-state index in [-0.39, 0.29) is 0 Å². The minimum absolute atomic E-state index is 0.561. The SMILES string of the molecule is N#Cc1cccc(C(O)Cc2cc(Br)cs2)c1. The lowest BCUT2D eigenvalue weighted by atomic mass is 10.0. The molecule has 2 aromatic rings. The molecule has 1 atom stereocenters. The van der Waals surface area contributed by atoms with Gasteiger partial charge < -0.3 is 5.11 Å². The standard InChI is InChI=1S/C13H10BrNOS/c14-11-5-12(17-8-11)6-13(16)10-3-1-2-9(4-10)7-15/h1-5,8,13,16H,6H2. The van der Waals surface area contributed by atoms with E-state index in [1.54, 1.807) is 29.5 Å². The van der Waals surface area contributed by atoms with Crippen LogP contribution in [0.15, 0.2) is 40.2 Å². The Hall–Kier alpha value is -1.15. The summed E-state index contributed by atoms with van der Waals surface area (Å²) in [4.78, 5) is 1.12. The third-order valence-corrected chi connectivity index (χ3v) is 4.14. The van der Waals surface area contributed by atoms with Crippen molar-refractivity contribution < 1.29 is 5.11 Å². The van der Waals surface area contributed by atoms with E-state index in [2.05, 4.69) is 22.0 Å². The first-order chi connectivity index (χ1) is 8.19. The summed E-state index contributed by atoms with van der Waals surface area (Å²) in [7, 11) is 0. The Balaban J connectivity index is 2.14. The van der Waals surface area contributed by atoms with Crippen LogP contribution in [0.1, 0.15) is 22.1 Å². The Kier molecular flexibility index (Phi) is 3.95. The molecule has 0 radical (unpaired) electrons. The van der Waals surface area contributed by atoms with E-state index in [4.69, 9.17) is 5.26 Å². The fourth-order valence-corrected chi connectivity index (χ4v) is 3.07. The van der Waals surface area contributed by atoms with Crippen LogP contribution in [-0.2, 0) is 6.42 Å². The number of nitriles is 1. The van der Waals surface area contributed by atoms with Crippen LogP contribution in [0.25, 0.3) is 0 Å². The lowest BCUT2D eigenvalue weighted by molar-refractivity contribution is 0.179. The van der Waals surface area contributed by atoms with Gasteiger partial charge in [0.05, 0.1) is 17.7 Å². The van der Waals surface area contributed by atoms with Gasteiger partial charge in [-0.15, -0.1) is 11.3 Å². The number of thiophene rings is 1. The van der Waals surface area contributed by atoms with E-state index in [0.29, 0.717) is 12.0 Å². The van der Waals surface area contributed by atoms with Gasteiger partial charge in [-0.1, -0.05) is 12.1 Å². The summed E-state index contributed by atoms with van der Waals surface area (Å²) in [5, 5.41) is 20.9. The third-order valence-electron chi connectivity index (χ3n) is 2.42. The van der Waals surface area contributed by atoms with Crippen LogP contribution in [0.5, 0.6) is 0 Å². The molecule has 0 saturated heterocycles. The molecule has 1 N–H and O–H groups in total. The predicted octanol–water partition coefficient (Wildman–Crippen LogP) is 3.66. The van der Waals surface area contributed by atoms with E-state index in [1.165, 1.54) is 0 Å². The molecule has 17 heavy (non-hydrogen) atoms. The largest absolute Gasteiger partial charge is 0.388 e. The van der Waals surface area contributed by atoms with Gasteiger partial charge >= 0.3 is 0 Å². The van der Waals surface area contributed by atoms with E-state index < -0.39 is 6.10 Å². The van der Waals surface area contributed by atoms with Gasteiger partial charge in [-0.25, -0.2) is 0 Å². The summed E-state index contributed by atoms with van der Waals surface area (Å²) in [6, 6.07) is 11.2. The lowest BCUT2D eigenvalue weighted by Gasteiger charge is -2.09. The van der Waals surface area contributed by atoms with Gasteiger partial charge in [-0.05, 0) is 39.7 Å². The fraction of sp³-hybridized carbons (Fsp3) is 0.154. The van der Waals surface area contributed by atoms with Crippen molar-refractivity contribution in [1.82, 2.24) is 0 Å². The molecule has 0 aliphatic rings. The van der Waals surface area contributed by atoms with E-state index in [9.17, 15) is 5.11 Å². The summed E-state index contributed by atoms with van der Waals surface area (Å²) in [5.41, 5.74) is 1.36. The second kappa shape index (κ2) is 5.46. The molecule has 86 valence electrons. The first kappa shape index (κ1) is 12.3. The Morgan fingerprint density at radius 3 is 2.88 bits per heavy atom. The van der Waals surface area contributed by atoms with Gasteiger partial charge in [-0.3, -0.25) is 0 Å². The van der Waals surface area contributed by atoms with E-state index in [0.717, 1.165) is 14.9 Å². The summed E-state index contributed by atoms with van der Waals surface area (Å²) >= 11 is 5.00. The molecule has 2 nitrogen and oxygen atoms in total. The second-order valence-electron chi connectivity index (χ2n) is 3.69. The molecule has 0 amide bonds. The molecule has 0 fully saturated rings. The van der Waals surface area contributed by atoms with Gasteiger partial charge in [0.1, 0.15) is 0 Å². The molecule has 1 heterocycles. The van der Waals surface area contributed by atoms with Crippen molar-refractivity contribution in [2.75, 3.05) is 0 Å². The van der Waals surface area contributed by atoms with Crippen molar-refractivity contribution in [1.29, 1.82) is 5.26 Å². The van der Waals surface area contributed by atoms with Crippen molar-refractivity contribution in [2.24, 2.45) is 0 Å². The zero-order valence-corrected chi connectivity index (χ0v) is 11.3. The molecular formula is C13H10BrNOS. The quantitative estimate of drug-likeness (QED) is 0.940. The number of hydrogen-bond donors (Lipinski definition) is 1. The van der Waals surface area contributed by atoms with Gasteiger partial charge in [0.2, 0.25) is 0 Å². The second-order valence-corrected chi connectivity index (χ2v) is 5.60. The van der Waals surface area contributed by atoms with Crippen LogP contribution >= 0.6 is 27.3 Å². The molecular weight excluding hydrogens is 298 g/mol. The maximum Gasteiger partial charge on any atom is 0.0991 e. The van der Waals surface area contributed by atoms with Crippen molar-refractivity contribution in [3.05, 3.63) is 56.2 Å². The molecule has 0 saturated carbocycles. The molecule has 1 aromatic heterocycles. The Bertz CT molecular complexity index is 559. The molecule has 1 unspecified atom stereocenters. The van der Waals surface area contributed by atoms with Crippen LogP contribution in [-0.4, -0.2) is 5.11 Å². The number of aliphatic hydroxyl groups is 1. The monoisotopic (exact) mass is 307 g/mol. The maximum atomic E-state index is 10.1. The molecule has 4 heteroatoms. The average Bonchev–Trinajstić information content (AvgIpc) is 2.75. The third kappa shape index (κ3) is 3.16. The van der Waals surface area contributed by atoms with Crippen LogP contribution in [0.2, 0.25) is 0 Å². The van der Waals surface area contributed by atoms with Gasteiger partial charge in [0, 0.05) is 21.2 Å². The highest BCUT2D eigenvalue weighted by atomic mass is 79.9. The zero-order chi connectivity index (χ0) is 12.3. The predicted molar refractivity (Wildman–Crippen MR) is 71.8 cm³/mol. The van der Waals surface area contributed by atoms with E-state index >= 15 is 0 Å². The average molecular weight is 308 g/mol. The first-order valence-corrected chi connectivity index (χ1v) is 6.77. The summed E-state index contributed by atoms with van der Waals surface area (Å²) in [6.45, 7) is 0. The Labute approximate surface area is 112 Å². The number of rotatable bonds is 3. The molecule has 2 rings (SSSR count). The van der Waals surface area contributed by atoms with Crippen molar-refractivity contribution in [3.8, 4) is 6.07 Å². The highest BCUT2D eigenvalue weighted by Gasteiger charge is 2.10. The van der Waals surface area contributed by atoms with Crippen LogP contribution in [0.4, 0.5) is 0 Å². The zero-order valence-electron chi connectivity index (χ0n) is 8.93. The van der Waals surface area contributed by atoms with Crippen LogP contribution < -0.4 is 0 Å². The number of aliphatic hydroxyl groups excluding tert-OH is 1. The van der Waals surface area contributed by atoms with Gasteiger partial charge in [0.25, 0.3) is 0 Å². The molecule has 0 bridgehead atoms. The van der Waals surface area contributed by atoms with Crippen molar-refractivity contribution in [3.63, 3.8) is 0 Å². The number of hydrogen-bond acceptors (Lipinski definition) is 3. The highest BCUT2D eigenvalue weighted by molar-refractivity contribution is 9.10. The first-order valence-electron chi connectivity index (χ1n) is 5.10. The normalized spacial score (nSPS) is 12.1. The number of halogens is 1. The van der Waals surface area contributed by atoms with Crippen LogP contribution in [0, 0.1) is 11.3 Å². The topological polar surface area (TPSA) is 44.0 Å². The molecule has 0 spiro atoms. The van der Waals surface area contributed by atoms with Gasteiger partial charge in [0.15, 0.2) is 0 Å². The summed E-state index contributed by atoms with van der Waals surface area (Å²) in [5.74, 6) is 0. The highest BCUT2D eigenvalue weighted by Crippen LogP contribution is 2.25. The van der Waals surface area contributed by atoms with Crippen molar-refractivity contribution in [2.45, 2.75) is 12.5 Å². The fourth-order valence-electron chi connectivity index (χ4n) is 1.58. The smallest absolute Gasteiger partial charge is 0.0991 e. The Morgan fingerprint density at radius 1 is 1.41 bits per heavy atom. The summed E-state index contributed by atoms with van der Waals surface area (Å²) in [6.07, 6.45) is 0.0133. The summed E-state index contributed by atoms with van der Waals surface area (Å²) < 4.78 is 1.04. The lowest BCUT2D eigenvalue weighted by Crippen LogP contribution is -2.00. The van der Waals surface area contributed by atoms with Gasteiger partial charge in [-0.2, -0.15) is 5.26 Å².